The molecule has 0 unspecified atom stereocenters. The second-order valence-corrected chi connectivity index (χ2v) is 11.0. The van der Waals surface area contributed by atoms with E-state index < -0.39 is 0 Å². The maximum atomic E-state index is 5.47. The van der Waals surface area contributed by atoms with Gasteiger partial charge in [0.05, 0.1) is 39.5 Å². The van der Waals surface area contributed by atoms with Crippen LogP contribution in [0.3, 0.4) is 0 Å². The number of rotatable bonds is 6. The molecule has 0 aliphatic rings. The fraction of sp³-hybridized carbons (Fsp3) is 0.0250. The van der Waals surface area contributed by atoms with Crippen molar-refractivity contribution in [1.29, 1.82) is 0 Å². The van der Waals surface area contributed by atoms with Crippen molar-refractivity contribution in [3.63, 3.8) is 0 Å². The van der Waals surface area contributed by atoms with E-state index in [-0.39, 0.29) is 0 Å². The molecule has 0 radical (unpaired) electrons. The molecule has 4 aromatic carbocycles. The number of fused-ring (bicyclic) bond motifs is 3. The van der Waals surface area contributed by atoms with E-state index in [1.165, 1.54) is 0 Å². The molecule has 0 saturated heterocycles. The van der Waals surface area contributed by atoms with Gasteiger partial charge in [-0.1, -0.05) is 109 Å². The van der Waals surface area contributed by atoms with Gasteiger partial charge in [-0.15, -0.1) is 0 Å². The normalized spacial score (nSPS) is 11.2. The number of benzene rings is 4. The Bertz CT molecular complexity index is 2200. The van der Waals surface area contributed by atoms with E-state index in [4.69, 9.17) is 15.0 Å². The highest BCUT2D eigenvalue weighted by Gasteiger charge is 2.22. The van der Waals surface area contributed by atoms with Crippen molar-refractivity contribution < 1.29 is 0 Å². The summed E-state index contributed by atoms with van der Waals surface area (Å²) in [5, 5.41) is 0.988. The van der Waals surface area contributed by atoms with Crippen LogP contribution < -0.4 is 4.90 Å². The number of hydrogen-bond acceptors (Lipinski definition) is 4. The highest BCUT2D eigenvalue weighted by Crippen LogP contribution is 2.40. The lowest BCUT2D eigenvalue weighted by molar-refractivity contribution is 1.11. The molecule has 4 heterocycles. The molecule has 0 atom stereocenters. The molecule has 5 nitrogen and oxygen atoms in total. The van der Waals surface area contributed by atoms with Gasteiger partial charge in [-0.3, -0.25) is 9.55 Å². The molecule has 5 heteroatoms. The maximum Gasteiger partial charge on any atom is 0.148 e. The molecule has 8 aromatic rings. The van der Waals surface area contributed by atoms with E-state index >= 15 is 0 Å². The minimum absolute atomic E-state index is 0.844. The monoisotopic (exact) mass is 579 g/mol. The van der Waals surface area contributed by atoms with Crippen molar-refractivity contribution >= 4 is 33.4 Å². The van der Waals surface area contributed by atoms with Gasteiger partial charge in [0.25, 0.3) is 0 Å². The second kappa shape index (κ2) is 11.2. The van der Waals surface area contributed by atoms with Gasteiger partial charge < -0.3 is 4.90 Å². The Balaban J connectivity index is 1.44. The fourth-order valence-electron chi connectivity index (χ4n) is 6.01. The smallest absolute Gasteiger partial charge is 0.148 e. The molecular weight excluding hydrogens is 550 g/mol. The van der Waals surface area contributed by atoms with Gasteiger partial charge in [-0.05, 0) is 42.5 Å². The van der Waals surface area contributed by atoms with Crippen molar-refractivity contribution in [3.05, 3.63) is 158 Å². The predicted octanol–water partition coefficient (Wildman–Crippen LogP) is 9.74. The highest BCUT2D eigenvalue weighted by atomic mass is 15.1. The predicted molar refractivity (Wildman–Crippen MR) is 185 cm³/mol. The lowest BCUT2D eigenvalue weighted by Gasteiger charge is -2.23. The van der Waals surface area contributed by atoms with Gasteiger partial charge in [0.15, 0.2) is 0 Å². The molecule has 214 valence electrons. The van der Waals surface area contributed by atoms with Crippen LogP contribution in [0.1, 0.15) is 0 Å². The SMILES string of the molecule is CN(c1ccccc1)c1cc2c3ncccc3n(-c3cc(-c4ccccc4)nc(-c4ccccc4)c3)c2nc1-c1ccccc1. The summed E-state index contributed by atoms with van der Waals surface area (Å²) in [6, 6.07) is 52.1. The lowest BCUT2D eigenvalue weighted by Crippen LogP contribution is -2.11. The molecule has 0 saturated carbocycles. The minimum Gasteiger partial charge on any atom is -0.343 e. The molecule has 0 spiro atoms. The van der Waals surface area contributed by atoms with Gasteiger partial charge >= 0.3 is 0 Å². The van der Waals surface area contributed by atoms with E-state index in [0.29, 0.717) is 0 Å². The third-order valence-electron chi connectivity index (χ3n) is 8.24. The Morgan fingerprint density at radius 2 is 1.11 bits per heavy atom. The third kappa shape index (κ3) is 4.81. The summed E-state index contributed by atoms with van der Waals surface area (Å²) in [6.45, 7) is 0. The first kappa shape index (κ1) is 26.5. The summed E-state index contributed by atoms with van der Waals surface area (Å²) in [7, 11) is 2.10. The Morgan fingerprint density at radius 1 is 0.556 bits per heavy atom. The molecule has 0 fully saturated rings. The summed E-state index contributed by atoms with van der Waals surface area (Å²) >= 11 is 0. The van der Waals surface area contributed by atoms with Crippen LogP contribution in [-0.4, -0.2) is 26.6 Å². The van der Waals surface area contributed by atoms with Gasteiger partial charge in [-0.2, -0.15) is 0 Å². The third-order valence-corrected chi connectivity index (χ3v) is 8.24. The first-order valence-electron chi connectivity index (χ1n) is 15.0. The summed E-state index contributed by atoms with van der Waals surface area (Å²) in [4.78, 5) is 17.7. The van der Waals surface area contributed by atoms with Gasteiger partial charge in [0.1, 0.15) is 5.65 Å². The maximum absolute atomic E-state index is 5.47. The van der Waals surface area contributed by atoms with Crippen LogP contribution >= 0.6 is 0 Å². The zero-order valence-corrected chi connectivity index (χ0v) is 24.7. The molecule has 4 aromatic heterocycles. The van der Waals surface area contributed by atoms with Crippen LogP contribution in [0.4, 0.5) is 11.4 Å². The zero-order chi connectivity index (χ0) is 30.2. The second-order valence-electron chi connectivity index (χ2n) is 11.0. The van der Waals surface area contributed by atoms with Crippen molar-refractivity contribution in [2.24, 2.45) is 0 Å². The molecule has 8 rings (SSSR count). The Labute approximate surface area is 261 Å². The van der Waals surface area contributed by atoms with Crippen molar-refractivity contribution in [1.82, 2.24) is 19.5 Å². The molecule has 45 heavy (non-hydrogen) atoms. The van der Waals surface area contributed by atoms with Crippen LogP contribution in [0, 0.1) is 0 Å². The van der Waals surface area contributed by atoms with Crippen molar-refractivity contribution in [2.45, 2.75) is 0 Å². The van der Waals surface area contributed by atoms with Crippen LogP contribution in [0.25, 0.3) is 61.5 Å². The van der Waals surface area contributed by atoms with Gasteiger partial charge in [0.2, 0.25) is 0 Å². The Kier molecular flexibility index (Phi) is 6.61. The molecule has 0 amide bonds. The summed E-state index contributed by atoms with van der Waals surface area (Å²) < 4.78 is 2.23. The average Bonchev–Trinajstić information content (AvgIpc) is 3.45. The molecule has 0 N–H and O–H groups in total. The van der Waals surface area contributed by atoms with E-state index in [1.807, 2.05) is 36.5 Å². The minimum atomic E-state index is 0.844. The van der Waals surface area contributed by atoms with Crippen molar-refractivity contribution in [3.8, 4) is 39.5 Å². The number of anilines is 2. The van der Waals surface area contributed by atoms with E-state index in [0.717, 1.165) is 72.9 Å². The Morgan fingerprint density at radius 3 is 1.71 bits per heavy atom. The quantitative estimate of drug-likeness (QED) is 0.197. The van der Waals surface area contributed by atoms with Crippen molar-refractivity contribution in [2.75, 3.05) is 11.9 Å². The Hall–Kier alpha value is -6.07. The lowest BCUT2D eigenvalue weighted by atomic mass is 10.1. The number of hydrogen-bond donors (Lipinski definition) is 0. The fourth-order valence-corrected chi connectivity index (χ4v) is 6.01. The van der Waals surface area contributed by atoms with E-state index in [1.54, 1.807) is 0 Å². The highest BCUT2D eigenvalue weighted by molar-refractivity contribution is 6.08. The molecular formula is C40H29N5. The number of aromatic nitrogens is 4. The van der Waals surface area contributed by atoms with Crippen LogP contribution in [0.2, 0.25) is 0 Å². The van der Waals surface area contributed by atoms with E-state index in [2.05, 4.69) is 138 Å². The molecule has 0 aliphatic carbocycles. The molecule has 0 bridgehead atoms. The van der Waals surface area contributed by atoms with Crippen LogP contribution in [0.5, 0.6) is 0 Å². The molecule has 0 aliphatic heterocycles. The topological polar surface area (TPSA) is 46.8 Å². The summed E-state index contributed by atoms with van der Waals surface area (Å²) in [6.07, 6.45) is 1.86. The zero-order valence-electron chi connectivity index (χ0n) is 24.7. The van der Waals surface area contributed by atoms with Crippen LogP contribution in [-0.2, 0) is 0 Å². The average molecular weight is 580 g/mol. The van der Waals surface area contributed by atoms with Gasteiger partial charge in [0, 0.05) is 41.0 Å². The summed E-state index contributed by atoms with van der Waals surface area (Å²) in [5.41, 5.74) is 11.7. The first-order chi connectivity index (χ1) is 22.2. The van der Waals surface area contributed by atoms with Gasteiger partial charge in [-0.25, -0.2) is 9.97 Å². The number of para-hydroxylation sites is 1. The first-order valence-corrected chi connectivity index (χ1v) is 15.0. The van der Waals surface area contributed by atoms with E-state index in [9.17, 15) is 0 Å². The number of nitrogens with zero attached hydrogens (tertiary/aromatic N) is 5. The van der Waals surface area contributed by atoms with Crippen LogP contribution in [0.15, 0.2) is 158 Å². The number of pyridine rings is 3. The largest absolute Gasteiger partial charge is 0.343 e. The summed E-state index contributed by atoms with van der Waals surface area (Å²) in [5.74, 6) is 0. The standard InChI is InChI=1S/C40H29N5/c1-44(31-21-12-5-13-22-31)37-27-33-39-36(23-14-24-41-39)45(40(33)43-38(37)30-19-10-4-11-20-30)32-25-34(28-15-6-2-7-16-28)42-35(26-32)29-17-8-3-9-18-29/h2-27H,1H3.